The van der Waals surface area contributed by atoms with Crippen LogP contribution in [0.3, 0.4) is 0 Å². The first-order chi connectivity index (χ1) is 5.31. The molecule has 0 aromatic carbocycles. The minimum atomic E-state index is -2.66. The lowest BCUT2D eigenvalue weighted by molar-refractivity contribution is -0.252. The second kappa shape index (κ2) is 1.85. The highest BCUT2D eigenvalue weighted by Crippen LogP contribution is 2.83. The van der Waals surface area contributed by atoms with Crippen LogP contribution in [0.2, 0.25) is 5.31 Å². The highest BCUT2D eigenvalue weighted by Gasteiger charge is 2.79. The molecule has 0 saturated heterocycles. The normalized spacial score (nSPS) is 44.8. The van der Waals surface area contributed by atoms with Gasteiger partial charge in [0.2, 0.25) is 0 Å². The van der Waals surface area contributed by atoms with Crippen LogP contribution in [0.1, 0.15) is 26.2 Å². The highest BCUT2D eigenvalue weighted by atomic mass is 19.3. The van der Waals surface area contributed by atoms with Crippen LogP contribution in [0.25, 0.3) is 0 Å². The molecule has 0 aromatic rings. The smallest absolute Gasteiger partial charge is 0.427 e. The second-order valence-corrected chi connectivity index (χ2v) is 4.44. The number of alkyl halides is 2. The quantitative estimate of drug-likeness (QED) is 0.617. The lowest BCUT2D eigenvalue weighted by Crippen LogP contribution is -2.69. The molecule has 3 fully saturated rings. The zero-order chi connectivity index (χ0) is 9.20. The van der Waals surface area contributed by atoms with E-state index in [0.29, 0.717) is 0 Å². The van der Waals surface area contributed by atoms with Crippen molar-refractivity contribution in [3.8, 4) is 0 Å². The summed E-state index contributed by atoms with van der Waals surface area (Å²) < 4.78 is 25.7. The topological polar surface area (TPSA) is 40.5 Å². The van der Waals surface area contributed by atoms with E-state index in [1.807, 2.05) is 0 Å². The van der Waals surface area contributed by atoms with Gasteiger partial charge >= 0.3 is 7.12 Å². The summed E-state index contributed by atoms with van der Waals surface area (Å²) in [5.74, 6) is -2.66. The first kappa shape index (κ1) is 8.44. The summed E-state index contributed by atoms with van der Waals surface area (Å²) in [6.07, 6.45) is 0.795. The minimum Gasteiger partial charge on any atom is -0.427 e. The molecule has 3 rings (SSSR count). The maximum atomic E-state index is 12.9. The Morgan fingerprint density at radius 2 is 1.67 bits per heavy atom. The van der Waals surface area contributed by atoms with Crippen molar-refractivity contribution in [2.24, 2.45) is 5.41 Å². The van der Waals surface area contributed by atoms with E-state index in [0.717, 1.165) is 6.92 Å². The van der Waals surface area contributed by atoms with Gasteiger partial charge in [0.25, 0.3) is 5.92 Å². The van der Waals surface area contributed by atoms with E-state index in [1.54, 1.807) is 0 Å². The van der Waals surface area contributed by atoms with Crippen LogP contribution in [-0.4, -0.2) is 23.1 Å². The molecule has 0 atom stereocenters. The van der Waals surface area contributed by atoms with Crippen molar-refractivity contribution < 1.29 is 18.8 Å². The predicted molar refractivity (Wildman–Crippen MR) is 39.8 cm³/mol. The monoisotopic (exact) mass is 176 g/mol. The van der Waals surface area contributed by atoms with Crippen molar-refractivity contribution >= 4 is 7.12 Å². The highest BCUT2D eigenvalue weighted by molar-refractivity contribution is 6.46. The Kier molecular flexibility index (Phi) is 1.30. The van der Waals surface area contributed by atoms with Gasteiger partial charge in [0, 0.05) is 10.7 Å². The van der Waals surface area contributed by atoms with Crippen LogP contribution < -0.4 is 0 Å². The van der Waals surface area contributed by atoms with Gasteiger partial charge < -0.3 is 10.0 Å². The minimum absolute atomic E-state index is 0.265. The van der Waals surface area contributed by atoms with Gasteiger partial charge in [0.15, 0.2) is 0 Å². The molecule has 0 amide bonds. The standard InChI is InChI=1S/C7H11BF2O2/c1-5(9,10)6-2-7(3-6,4-6)8(11)12/h11-12H,2-4H2,1H3. The van der Waals surface area contributed by atoms with Gasteiger partial charge in [-0.25, -0.2) is 8.78 Å². The maximum absolute atomic E-state index is 12.9. The summed E-state index contributed by atoms with van der Waals surface area (Å²) in [5, 5.41) is 17.1. The average Bonchev–Trinajstić information content (AvgIpc) is 1.46. The molecule has 0 spiro atoms. The first-order valence-electron chi connectivity index (χ1n) is 4.05. The fourth-order valence-corrected chi connectivity index (χ4v) is 2.61. The van der Waals surface area contributed by atoms with Gasteiger partial charge in [-0.1, -0.05) is 0 Å². The van der Waals surface area contributed by atoms with Crippen molar-refractivity contribution in [1.82, 2.24) is 0 Å². The Hall–Kier alpha value is -0.155. The SMILES string of the molecule is CC(F)(F)C12CC(B(O)O)(C1)C2. The van der Waals surface area contributed by atoms with Gasteiger partial charge in [-0.2, -0.15) is 0 Å². The van der Waals surface area contributed by atoms with Gasteiger partial charge in [-0.3, -0.25) is 0 Å². The number of halogens is 2. The Labute approximate surface area is 69.7 Å². The summed E-state index contributed by atoms with van der Waals surface area (Å²) in [5.41, 5.74) is -0.906. The van der Waals surface area contributed by atoms with Crippen LogP contribution in [0.5, 0.6) is 0 Å². The molecule has 0 aromatic heterocycles. The van der Waals surface area contributed by atoms with Crippen molar-refractivity contribution in [3.63, 3.8) is 0 Å². The average molecular weight is 176 g/mol. The molecule has 3 aliphatic rings. The van der Waals surface area contributed by atoms with Crippen molar-refractivity contribution in [1.29, 1.82) is 0 Å². The van der Waals surface area contributed by atoms with Crippen molar-refractivity contribution in [2.75, 3.05) is 0 Å². The van der Waals surface area contributed by atoms with E-state index in [1.165, 1.54) is 0 Å². The molecule has 2 N–H and O–H groups in total. The molecule has 0 radical (unpaired) electrons. The van der Waals surface area contributed by atoms with Gasteiger partial charge in [0.1, 0.15) is 0 Å². The largest absolute Gasteiger partial charge is 0.458 e. The lowest BCUT2D eigenvalue weighted by atomic mass is 9.23. The van der Waals surface area contributed by atoms with Gasteiger partial charge in [-0.15, -0.1) is 0 Å². The summed E-state index contributed by atoms with van der Waals surface area (Å²) in [7, 11) is -1.42. The third-order valence-electron chi connectivity index (χ3n) is 3.55. The Bertz CT molecular complexity index is 204. The molecule has 5 heteroatoms. The van der Waals surface area contributed by atoms with Crippen LogP contribution in [-0.2, 0) is 0 Å². The maximum Gasteiger partial charge on any atom is 0.458 e. The lowest BCUT2D eigenvalue weighted by Gasteiger charge is -2.71. The molecular formula is C7H11BF2O2. The number of rotatable bonds is 2. The number of hydrogen-bond donors (Lipinski definition) is 2. The summed E-state index contributed by atoms with van der Waals surface area (Å²) in [4.78, 5) is 0. The van der Waals surface area contributed by atoms with Crippen molar-refractivity contribution in [2.45, 2.75) is 37.4 Å². The van der Waals surface area contributed by atoms with Crippen LogP contribution >= 0.6 is 0 Å². The fraction of sp³-hybridized carbons (Fsp3) is 1.00. The predicted octanol–water partition coefficient (Wildman–Crippen LogP) is 1.04. The number of hydrogen-bond acceptors (Lipinski definition) is 2. The molecular weight excluding hydrogens is 165 g/mol. The molecule has 3 saturated carbocycles. The molecule has 3 aliphatic carbocycles. The Morgan fingerprint density at radius 3 is 1.92 bits per heavy atom. The Balaban J connectivity index is 2.05. The van der Waals surface area contributed by atoms with E-state index in [-0.39, 0.29) is 19.3 Å². The first-order valence-corrected chi connectivity index (χ1v) is 4.05. The molecule has 0 heterocycles. The Morgan fingerprint density at radius 1 is 1.25 bits per heavy atom. The van der Waals surface area contributed by atoms with Gasteiger partial charge in [0.05, 0.1) is 0 Å². The molecule has 0 aliphatic heterocycles. The molecule has 68 valence electrons. The summed E-state index contributed by atoms with van der Waals surface area (Å²) >= 11 is 0. The fourth-order valence-electron chi connectivity index (χ4n) is 2.61. The van der Waals surface area contributed by atoms with E-state index in [2.05, 4.69) is 0 Å². The third-order valence-corrected chi connectivity index (χ3v) is 3.55. The molecule has 2 bridgehead atoms. The van der Waals surface area contributed by atoms with E-state index in [9.17, 15) is 8.78 Å². The van der Waals surface area contributed by atoms with E-state index in [4.69, 9.17) is 10.0 Å². The zero-order valence-electron chi connectivity index (χ0n) is 6.85. The molecule has 12 heavy (non-hydrogen) atoms. The van der Waals surface area contributed by atoms with Crippen LogP contribution in [0.15, 0.2) is 0 Å². The van der Waals surface area contributed by atoms with E-state index < -0.39 is 23.8 Å². The van der Waals surface area contributed by atoms with Crippen molar-refractivity contribution in [3.05, 3.63) is 0 Å². The van der Waals surface area contributed by atoms with Crippen LogP contribution in [0.4, 0.5) is 8.78 Å². The molecule has 2 nitrogen and oxygen atoms in total. The third kappa shape index (κ3) is 0.714. The van der Waals surface area contributed by atoms with Gasteiger partial charge in [-0.05, 0) is 26.2 Å². The zero-order valence-corrected chi connectivity index (χ0v) is 6.85. The van der Waals surface area contributed by atoms with Crippen LogP contribution in [0, 0.1) is 5.41 Å². The summed E-state index contributed by atoms with van der Waals surface area (Å²) in [6, 6.07) is 0. The van der Waals surface area contributed by atoms with E-state index >= 15 is 0 Å². The summed E-state index contributed by atoms with van der Waals surface area (Å²) in [6.45, 7) is 0.917. The second-order valence-electron chi connectivity index (χ2n) is 4.44. The molecule has 0 unspecified atom stereocenters.